The van der Waals surface area contributed by atoms with E-state index in [0.29, 0.717) is 12.1 Å². The zero-order valence-electron chi connectivity index (χ0n) is 9.69. The van der Waals surface area contributed by atoms with Gasteiger partial charge in [0.15, 0.2) is 0 Å². The second kappa shape index (κ2) is 6.28. The van der Waals surface area contributed by atoms with E-state index in [2.05, 4.69) is 42.6 Å². The molecule has 1 aliphatic heterocycles. The quantitative estimate of drug-likeness (QED) is 0.868. The van der Waals surface area contributed by atoms with E-state index in [0.717, 1.165) is 24.7 Å². The van der Waals surface area contributed by atoms with Gasteiger partial charge in [0.1, 0.15) is 0 Å². The van der Waals surface area contributed by atoms with Crippen LogP contribution >= 0.6 is 11.8 Å². The first-order valence-corrected chi connectivity index (χ1v) is 6.98. The molecule has 1 fully saturated rings. The zero-order chi connectivity index (χ0) is 11.2. The molecule has 2 atom stereocenters. The van der Waals surface area contributed by atoms with Crippen LogP contribution in [0.5, 0.6) is 0 Å². The Bertz CT molecular complexity index is 304. The molecule has 1 heterocycles. The smallest absolute Gasteiger partial charge is 0.0708 e. The van der Waals surface area contributed by atoms with Crippen LogP contribution in [0.25, 0.3) is 0 Å². The highest BCUT2D eigenvalue weighted by atomic mass is 32.2. The van der Waals surface area contributed by atoms with Gasteiger partial charge in [0, 0.05) is 24.1 Å². The van der Waals surface area contributed by atoms with Gasteiger partial charge in [-0.25, -0.2) is 0 Å². The lowest BCUT2D eigenvalue weighted by Gasteiger charge is -2.30. The van der Waals surface area contributed by atoms with E-state index in [9.17, 15) is 0 Å². The molecule has 0 amide bonds. The molecule has 1 N–H and O–H groups in total. The van der Waals surface area contributed by atoms with Crippen molar-refractivity contribution in [2.45, 2.75) is 24.8 Å². The lowest BCUT2D eigenvalue weighted by atomic mass is 10.2. The largest absolute Gasteiger partial charge is 0.376 e. The molecule has 1 saturated heterocycles. The van der Waals surface area contributed by atoms with Gasteiger partial charge >= 0.3 is 0 Å². The first kappa shape index (κ1) is 12.0. The van der Waals surface area contributed by atoms with Crippen LogP contribution in [0.3, 0.4) is 0 Å². The third-order valence-electron chi connectivity index (χ3n) is 2.86. The van der Waals surface area contributed by atoms with Gasteiger partial charge in [-0.3, -0.25) is 0 Å². The molecule has 0 aromatic heterocycles. The highest BCUT2D eigenvalue weighted by Gasteiger charge is 2.20. The highest BCUT2D eigenvalue weighted by Crippen LogP contribution is 2.16. The van der Waals surface area contributed by atoms with Crippen LogP contribution in [0, 0.1) is 0 Å². The molecule has 0 radical (unpaired) electrons. The van der Waals surface area contributed by atoms with Crippen molar-refractivity contribution >= 4 is 11.8 Å². The van der Waals surface area contributed by atoms with Crippen LogP contribution in [0.1, 0.15) is 12.5 Å². The molecular weight excluding hydrogens is 218 g/mol. The summed E-state index contributed by atoms with van der Waals surface area (Å²) in [7, 11) is 0. The molecule has 0 unspecified atom stereocenters. The molecule has 1 aromatic rings. The summed E-state index contributed by atoms with van der Waals surface area (Å²) in [6.45, 7) is 3.99. The van der Waals surface area contributed by atoms with E-state index in [1.807, 2.05) is 11.8 Å². The van der Waals surface area contributed by atoms with Crippen LogP contribution in [-0.2, 0) is 10.5 Å². The molecule has 1 aromatic carbocycles. The van der Waals surface area contributed by atoms with Gasteiger partial charge in [-0.2, -0.15) is 11.8 Å². The summed E-state index contributed by atoms with van der Waals surface area (Å²) in [6, 6.07) is 11.1. The van der Waals surface area contributed by atoms with Crippen molar-refractivity contribution in [3.63, 3.8) is 0 Å². The summed E-state index contributed by atoms with van der Waals surface area (Å²) < 4.78 is 5.62. The lowest BCUT2D eigenvalue weighted by Crippen LogP contribution is -2.48. The van der Waals surface area contributed by atoms with Crippen molar-refractivity contribution in [3.05, 3.63) is 35.9 Å². The van der Waals surface area contributed by atoms with Gasteiger partial charge in [0.25, 0.3) is 0 Å². The van der Waals surface area contributed by atoms with Crippen LogP contribution in [0.15, 0.2) is 30.3 Å². The number of thioether (sulfide) groups is 1. The first-order chi connectivity index (χ1) is 7.86. The second-order valence-corrected chi connectivity index (χ2v) is 5.17. The lowest BCUT2D eigenvalue weighted by molar-refractivity contribution is 0.0148. The van der Waals surface area contributed by atoms with E-state index >= 15 is 0 Å². The number of ether oxygens (including phenoxy) is 1. The average molecular weight is 237 g/mol. The van der Waals surface area contributed by atoms with E-state index in [1.54, 1.807) is 0 Å². The summed E-state index contributed by atoms with van der Waals surface area (Å²) in [5.41, 5.74) is 1.40. The maximum atomic E-state index is 5.62. The maximum Gasteiger partial charge on any atom is 0.0708 e. The Balaban J connectivity index is 1.71. The SMILES string of the molecule is C[C@H]1OCCN[C@@H]1CSCc1ccccc1. The van der Waals surface area contributed by atoms with Gasteiger partial charge in [-0.1, -0.05) is 30.3 Å². The summed E-state index contributed by atoms with van der Waals surface area (Å²) in [5, 5.41) is 3.51. The van der Waals surface area contributed by atoms with Gasteiger partial charge in [-0.15, -0.1) is 0 Å². The van der Waals surface area contributed by atoms with E-state index in [1.165, 1.54) is 5.56 Å². The number of rotatable bonds is 4. The average Bonchev–Trinajstić information content (AvgIpc) is 2.33. The van der Waals surface area contributed by atoms with Crippen molar-refractivity contribution in [2.75, 3.05) is 18.9 Å². The van der Waals surface area contributed by atoms with Gasteiger partial charge < -0.3 is 10.1 Å². The topological polar surface area (TPSA) is 21.3 Å². The fourth-order valence-corrected chi connectivity index (χ4v) is 3.03. The minimum Gasteiger partial charge on any atom is -0.376 e. The van der Waals surface area contributed by atoms with Crippen molar-refractivity contribution in [1.82, 2.24) is 5.32 Å². The monoisotopic (exact) mass is 237 g/mol. The molecule has 88 valence electrons. The Morgan fingerprint density at radius 3 is 2.94 bits per heavy atom. The molecular formula is C13H19NOS. The standard InChI is InChI=1S/C13H19NOS/c1-11-13(14-7-8-15-11)10-16-9-12-5-3-2-4-6-12/h2-6,11,13-14H,7-10H2,1H3/t11-,13-/m1/s1. The third-order valence-corrected chi connectivity index (χ3v) is 4.00. The summed E-state index contributed by atoms with van der Waals surface area (Å²) in [4.78, 5) is 0. The van der Waals surface area contributed by atoms with Crippen molar-refractivity contribution in [2.24, 2.45) is 0 Å². The molecule has 0 spiro atoms. The number of benzene rings is 1. The number of morpholine rings is 1. The third kappa shape index (κ3) is 3.51. The molecule has 2 nitrogen and oxygen atoms in total. The Hall–Kier alpha value is -0.510. The van der Waals surface area contributed by atoms with Gasteiger partial charge in [-0.05, 0) is 12.5 Å². The summed E-state index contributed by atoms with van der Waals surface area (Å²) >= 11 is 1.97. The van der Waals surface area contributed by atoms with Crippen molar-refractivity contribution in [1.29, 1.82) is 0 Å². The normalized spacial score (nSPS) is 25.6. The van der Waals surface area contributed by atoms with E-state index in [4.69, 9.17) is 4.74 Å². The Labute approximate surface area is 102 Å². The highest BCUT2D eigenvalue weighted by molar-refractivity contribution is 7.98. The Morgan fingerprint density at radius 2 is 2.19 bits per heavy atom. The maximum absolute atomic E-state index is 5.62. The van der Waals surface area contributed by atoms with Crippen molar-refractivity contribution in [3.8, 4) is 0 Å². The van der Waals surface area contributed by atoms with E-state index < -0.39 is 0 Å². The van der Waals surface area contributed by atoms with Crippen LogP contribution in [0.4, 0.5) is 0 Å². The molecule has 0 aliphatic carbocycles. The minimum atomic E-state index is 0.344. The van der Waals surface area contributed by atoms with Crippen molar-refractivity contribution < 1.29 is 4.74 Å². The molecule has 0 saturated carbocycles. The number of hydrogen-bond acceptors (Lipinski definition) is 3. The molecule has 0 bridgehead atoms. The van der Waals surface area contributed by atoms with Gasteiger partial charge in [0.05, 0.1) is 12.7 Å². The predicted molar refractivity (Wildman–Crippen MR) is 69.8 cm³/mol. The predicted octanol–water partition coefficient (Wildman–Crippen LogP) is 2.30. The number of nitrogens with one attached hydrogen (secondary N) is 1. The fourth-order valence-electron chi connectivity index (χ4n) is 1.84. The molecule has 1 aliphatic rings. The van der Waals surface area contributed by atoms with Crippen LogP contribution < -0.4 is 5.32 Å². The first-order valence-electron chi connectivity index (χ1n) is 5.83. The summed E-state index contributed by atoms with van der Waals surface area (Å²) in [5.74, 6) is 2.21. The summed E-state index contributed by atoms with van der Waals surface area (Å²) in [6.07, 6.45) is 0.344. The zero-order valence-corrected chi connectivity index (χ0v) is 10.5. The molecule has 16 heavy (non-hydrogen) atoms. The van der Waals surface area contributed by atoms with E-state index in [-0.39, 0.29) is 0 Å². The second-order valence-electron chi connectivity index (χ2n) is 4.14. The Kier molecular flexibility index (Phi) is 4.69. The minimum absolute atomic E-state index is 0.344. The van der Waals surface area contributed by atoms with Crippen LogP contribution in [0.2, 0.25) is 0 Å². The Morgan fingerprint density at radius 1 is 1.38 bits per heavy atom. The van der Waals surface area contributed by atoms with Gasteiger partial charge in [0.2, 0.25) is 0 Å². The molecule has 2 rings (SSSR count). The molecule has 3 heteroatoms. The number of hydrogen-bond donors (Lipinski definition) is 1. The fraction of sp³-hybridized carbons (Fsp3) is 0.538. The van der Waals surface area contributed by atoms with Crippen LogP contribution in [-0.4, -0.2) is 31.1 Å².